The zero-order chi connectivity index (χ0) is 16.0. The lowest BCUT2D eigenvalue weighted by Gasteiger charge is -2.23. The molecule has 21 heavy (non-hydrogen) atoms. The third kappa shape index (κ3) is 4.37. The molecule has 0 fully saturated rings. The van der Waals surface area contributed by atoms with E-state index in [0.29, 0.717) is 12.3 Å². The van der Waals surface area contributed by atoms with Crippen molar-refractivity contribution in [2.24, 2.45) is 0 Å². The summed E-state index contributed by atoms with van der Waals surface area (Å²) in [5, 5.41) is 9.93. The maximum Gasteiger partial charge on any atom is 0.258 e. The summed E-state index contributed by atoms with van der Waals surface area (Å²) in [6, 6.07) is 4.48. The van der Waals surface area contributed by atoms with Crippen LogP contribution in [-0.4, -0.2) is 61.0 Å². The van der Waals surface area contributed by atoms with Gasteiger partial charge in [0, 0.05) is 26.7 Å². The molecule has 1 rings (SSSR count). The Labute approximate surface area is 124 Å². The number of phenolic OH excluding ortho intramolecular Hbond substituents is 1. The Hall–Kier alpha value is -2.24. The van der Waals surface area contributed by atoms with Crippen molar-refractivity contribution in [3.63, 3.8) is 0 Å². The standard InChI is InChI=1S/C15H22N2O4/c1-5-8-17(10-14(19)16(2)3)15(20)12-7-6-11(21-4)9-13(12)18/h6-7,9,18H,5,8,10H2,1-4H3. The van der Waals surface area contributed by atoms with Gasteiger partial charge < -0.3 is 19.6 Å². The average Bonchev–Trinajstić information content (AvgIpc) is 2.45. The normalized spacial score (nSPS) is 10.1. The number of carbonyl (C=O) groups excluding carboxylic acids is 2. The van der Waals surface area contributed by atoms with Crippen LogP contribution in [0.1, 0.15) is 23.7 Å². The average molecular weight is 294 g/mol. The highest BCUT2D eigenvalue weighted by Crippen LogP contribution is 2.24. The Balaban J connectivity index is 2.97. The van der Waals surface area contributed by atoms with Crippen LogP contribution in [0.5, 0.6) is 11.5 Å². The number of amides is 2. The number of aromatic hydroxyl groups is 1. The number of methoxy groups -OCH3 is 1. The molecule has 0 unspecified atom stereocenters. The van der Waals surface area contributed by atoms with Gasteiger partial charge in [0.15, 0.2) is 0 Å². The van der Waals surface area contributed by atoms with Gasteiger partial charge in [0.25, 0.3) is 5.91 Å². The molecule has 116 valence electrons. The highest BCUT2D eigenvalue weighted by molar-refractivity contribution is 5.98. The number of rotatable bonds is 6. The van der Waals surface area contributed by atoms with Crippen LogP contribution in [0, 0.1) is 0 Å². The Morgan fingerprint density at radius 1 is 1.29 bits per heavy atom. The lowest BCUT2D eigenvalue weighted by molar-refractivity contribution is -0.129. The van der Waals surface area contributed by atoms with Crippen molar-refractivity contribution in [1.82, 2.24) is 9.80 Å². The van der Waals surface area contributed by atoms with Gasteiger partial charge in [0.2, 0.25) is 5.91 Å². The fourth-order valence-corrected chi connectivity index (χ4v) is 1.82. The number of nitrogens with zero attached hydrogens (tertiary/aromatic N) is 2. The second-order valence-corrected chi connectivity index (χ2v) is 4.90. The number of carbonyl (C=O) groups is 2. The van der Waals surface area contributed by atoms with Crippen molar-refractivity contribution in [3.05, 3.63) is 23.8 Å². The first-order chi connectivity index (χ1) is 9.90. The maximum absolute atomic E-state index is 12.5. The SMILES string of the molecule is CCCN(CC(=O)N(C)C)C(=O)c1ccc(OC)cc1O. The molecule has 0 spiro atoms. The summed E-state index contributed by atoms with van der Waals surface area (Å²) in [4.78, 5) is 27.1. The van der Waals surface area contributed by atoms with E-state index in [1.165, 1.54) is 29.0 Å². The molecule has 6 nitrogen and oxygen atoms in total. The summed E-state index contributed by atoms with van der Waals surface area (Å²) in [7, 11) is 4.76. The van der Waals surface area contributed by atoms with Crippen molar-refractivity contribution >= 4 is 11.8 Å². The van der Waals surface area contributed by atoms with Gasteiger partial charge in [-0.2, -0.15) is 0 Å². The number of hydrogen-bond donors (Lipinski definition) is 1. The van der Waals surface area contributed by atoms with E-state index >= 15 is 0 Å². The lowest BCUT2D eigenvalue weighted by Crippen LogP contribution is -2.40. The molecular weight excluding hydrogens is 272 g/mol. The molecule has 1 aromatic carbocycles. The molecule has 0 heterocycles. The summed E-state index contributed by atoms with van der Waals surface area (Å²) in [6.45, 7) is 2.36. The topological polar surface area (TPSA) is 70.1 Å². The molecule has 0 saturated heterocycles. The number of likely N-dealkylation sites (N-methyl/N-ethyl adjacent to an activating group) is 1. The van der Waals surface area contributed by atoms with Crippen molar-refractivity contribution in [1.29, 1.82) is 0 Å². The van der Waals surface area contributed by atoms with E-state index in [9.17, 15) is 14.7 Å². The molecule has 0 bridgehead atoms. The number of ether oxygens (including phenoxy) is 1. The summed E-state index contributed by atoms with van der Waals surface area (Å²) >= 11 is 0. The van der Waals surface area contributed by atoms with Crippen LogP contribution in [0.4, 0.5) is 0 Å². The van der Waals surface area contributed by atoms with E-state index in [4.69, 9.17) is 4.74 Å². The summed E-state index contributed by atoms with van der Waals surface area (Å²) in [6.07, 6.45) is 0.726. The van der Waals surface area contributed by atoms with Crippen LogP contribution in [-0.2, 0) is 4.79 Å². The van der Waals surface area contributed by atoms with Crippen molar-refractivity contribution < 1.29 is 19.4 Å². The van der Waals surface area contributed by atoms with Gasteiger partial charge in [0.05, 0.1) is 12.7 Å². The summed E-state index contributed by atoms with van der Waals surface area (Å²) in [5.74, 6) is -0.217. The van der Waals surface area contributed by atoms with Crippen LogP contribution < -0.4 is 4.74 Å². The first-order valence-electron chi connectivity index (χ1n) is 6.77. The van der Waals surface area contributed by atoms with E-state index in [1.54, 1.807) is 20.2 Å². The second kappa shape index (κ2) is 7.52. The highest BCUT2D eigenvalue weighted by Gasteiger charge is 2.21. The van der Waals surface area contributed by atoms with Gasteiger partial charge in [-0.15, -0.1) is 0 Å². The minimum atomic E-state index is -0.368. The van der Waals surface area contributed by atoms with Gasteiger partial charge in [0.1, 0.15) is 18.0 Å². The highest BCUT2D eigenvalue weighted by atomic mass is 16.5. The molecule has 2 amide bonds. The Kier molecular flexibility index (Phi) is 6.02. The number of benzene rings is 1. The molecule has 0 saturated carbocycles. The monoisotopic (exact) mass is 294 g/mol. The smallest absolute Gasteiger partial charge is 0.258 e. The van der Waals surface area contributed by atoms with Gasteiger partial charge in [-0.1, -0.05) is 6.92 Å². The fourth-order valence-electron chi connectivity index (χ4n) is 1.82. The van der Waals surface area contributed by atoms with Crippen LogP contribution in [0.3, 0.4) is 0 Å². The molecule has 6 heteroatoms. The summed E-state index contributed by atoms with van der Waals surface area (Å²) < 4.78 is 4.99. The third-order valence-corrected chi connectivity index (χ3v) is 3.04. The third-order valence-electron chi connectivity index (χ3n) is 3.04. The molecule has 0 radical (unpaired) electrons. The van der Waals surface area contributed by atoms with E-state index in [1.807, 2.05) is 6.92 Å². The van der Waals surface area contributed by atoms with Gasteiger partial charge in [-0.05, 0) is 18.6 Å². The van der Waals surface area contributed by atoms with Gasteiger partial charge in [-0.25, -0.2) is 0 Å². The molecule has 0 aliphatic heterocycles. The van der Waals surface area contributed by atoms with E-state index < -0.39 is 0 Å². The first-order valence-corrected chi connectivity index (χ1v) is 6.77. The maximum atomic E-state index is 12.5. The van der Waals surface area contributed by atoms with Crippen LogP contribution in [0.25, 0.3) is 0 Å². The molecule has 0 atom stereocenters. The van der Waals surface area contributed by atoms with E-state index in [-0.39, 0.29) is 29.7 Å². The lowest BCUT2D eigenvalue weighted by atomic mass is 10.1. The summed E-state index contributed by atoms with van der Waals surface area (Å²) in [5.41, 5.74) is 0.163. The largest absolute Gasteiger partial charge is 0.507 e. The second-order valence-electron chi connectivity index (χ2n) is 4.90. The minimum Gasteiger partial charge on any atom is -0.507 e. The van der Waals surface area contributed by atoms with Gasteiger partial charge >= 0.3 is 0 Å². The van der Waals surface area contributed by atoms with Crippen molar-refractivity contribution in [2.45, 2.75) is 13.3 Å². The molecule has 1 aromatic rings. The minimum absolute atomic E-state index is 0.00879. The molecule has 1 N–H and O–H groups in total. The van der Waals surface area contributed by atoms with Crippen molar-refractivity contribution in [3.8, 4) is 11.5 Å². The Morgan fingerprint density at radius 2 is 1.95 bits per heavy atom. The van der Waals surface area contributed by atoms with Crippen LogP contribution in [0.2, 0.25) is 0 Å². The number of hydrogen-bond acceptors (Lipinski definition) is 4. The quantitative estimate of drug-likeness (QED) is 0.859. The predicted molar refractivity (Wildman–Crippen MR) is 79.5 cm³/mol. The molecule has 0 aromatic heterocycles. The van der Waals surface area contributed by atoms with Crippen LogP contribution in [0.15, 0.2) is 18.2 Å². The van der Waals surface area contributed by atoms with Crippen LogP contribution >= 0.6 is 0 Å². The number of phenols is 1. The molecular formula is C15H22N2O4. The predicted octanol–water partition coefficient (Wildman–Crippen LogP) is 1.34. The first kappa shape index (κ1) is 16.8. The molecule has 0 aliphatic carbocycles. The molecule has 0 aliphatic rings. The zero-order valence-electron chi connectivity index (χ0n) is 12.9. The Bertz CT molecular complexity index is 514. The van der Waals surface area contributed by atoms with Gasteiger partial charge in [-0.3, -0.25) is 9.59 Å². The van der Waals surface area contributed by atoms with Crippen molar-refractivity contribution in [2.75, 3.05) is 34.3 Å². The fraction of sp³-hybridized carbons (Fsp3) is 0.467. The zero-order valence-corrected chi connectivity index (χ0v) is 12.9. The Morgan fingerprint density at radius 3 is 2.43 bits per heavy atom. The van der Waals surface area contributed by atoms with E-state index in [0.717, 1.165) is 6.42 Å². The van der Waals surface area contributed by atoms with E-state index in [2.05, 4.69) is 0 Å².